The van der Waals surface area contributed by atoms with Gasteiger partial charge >= 0.3 is 0 Å². The highest BCUT2D eigenvalue weighted by Crippen LogP contribution is 2.32. The summed E-state index contributed by atoms with van der Waals surface area (Å²) in [6.07, 6.45) is 4.95. The fourth-order valence-corrected chi connectivity index (χ4v) is 4.23. The second kappa shape index (κ2) is 9.48. The number of pyridine rings is 1. The first kappa shape index (κ1) is 20.6. The molecule has 32 heavy (non-hydrogen) atoms. The molecule has 0 saturated carbocycles. The van der Waals surface area contributed by atoms with Crippen molar-refractivity contribution in [2.75, 3.05) is 46.1 Å². The first-order chi connectivity index (χ1) is 15.8. The van der Waals surface area contributed by atoms with Crippen LogP contribution >= 0.6 is 0 Å². The van der Waals surface area contributed by atoms with Gasteiger partial charge in [-0.25, -0.2) is 4.98 Å². The van der Waals surface area contributed by atoms with Crippen LogP contribution in [-0.2, 0) is 13.0 Å². The summed E-state index contributed by atoms with van der Waals surface area (Å²) >= 11 is 0. The third-order valence-electron chi connectivity index (χ3n) is 5.89. The van der Waals surface area contributed by atoms with E-state index in [1.54, 1.807) is 0 Å². The second-order valence-electron chi connectivity index (χ2n) is 8.13. The number of aromatic nitrogens is 2. The van der Waals surface area contributed by atoms with E-state index < -0.39 is 0 Å². The molecule has 1 aromatic carbocycles. The number of nitrogens with one attached hydrogen (secondary N) is 1. The number of aliphatic imine (C=N–C) groups is 1. The average molecular weight is 435 g/mol. The van der Waals surface area contributed by atoms with Crippen LogP contribution in [0.4, 0.5) is 0 Å². The maximum atomic E-state index is 5.51. The van der Waals surface area contributed by atoms with Gasteiger partial charge in [0.2, 0.25) is 6.79 Å². The molecule has 0 unspecified atom stereocenters. The van der Waals surface area contributed by atoms with Crippen LogP contribution in [0.3, 0.4) is 0 Å². The Morgan fingerprint density at radius 1 is 1.09 bits per heavy atom. The van der Waals surface area contributed by atoms with Crippen LogP contribution in [0.5, 0.6) is 11.5 Å². The highest BCUT2D eigenvalue weighted by atomic mass is 16.7. The first-order valence-corrected chi connectivity index (χ1v) is 11.4. The molecule has 0 atom stereocenters. The minimum Gasteiger partial charge on any atom is -0.454 e. The van der Waals surface area contributed by atoms with Crippen LogP contribution in [0.15, 0.2) is 53.8 Å². The van der Waals surface area contributed by atoms with Crippen LogP contribution in [0.2, 0.25) is 0 Å². The molecule has 0 radical (unpaired) electrons. The lowest BCUT2D eigenvalue weighted by Crippen LogP contribution is -2.52. The van der Waals surface area contributed by atoms with Crippen molar-refractivity contribution in [2.45, 2.75) is 19.9 Å². The third-order valence-corrected chi connectivity index (χ3v) is 5.89. The van der Waals surface area contributed by atoms with Gasteiger partial charge in [-0.05, 0) is 36.8 Å². The monoisotopic (exact) mass is 434 g/mol. The van der Waals surface area contributed by atoms with E-state index >= 15 is 0 Å². The van der Waals surface area contributed by atoms with Crippen molar-refractivity contribution >= 4 is 11.6 Å². The van der Waals surface area contributed by atoms with Crippen molar-refractivity contribution in [3.05, 3.63) is 60.0 Å². The van der Waals surface area contributed by atoms with E-state index in [2.05, 4.69) is 49.8 Å². The summed E-state index contributed by atoms with van der Waals surface area (Å²) in [6.45, 7) is 8.89. The first-order valence-electron chi connectivity index (χ1n) is 11.4. The van der Waals surface area contributed by atoms with E-state index in [1.807, 2.05) is 30.5 Å². The molecule has 8 nitrogen and oxygen atoms in total. The van der Waals surface area contributed by atoms with Crippen LogP contribution in [0, 0.1) is 0 Å². The molecule has 0 spiro atoms. The fourth-order valence-electron chi connectivity index (χ4n) is 4.23. The molecule has 1 N–H and O–H groups in total. The molecule has 5 rings (SSSR count). The van der Waals surface area contributed by atoms with Gasteiger partial charge < -0.3 is 24.1 Å². The Hall–Kier alpha value is -3.26. The van der Waals surface area contributed by atoms with E-state index in [0.717, 1.165) is 81.0 Å². The Morgan fingerprint density at radius 3 is 2.81 bits per heavy atom. The number of hydrogen-bond donors (Lipinski definition) is 1. The van der Waals surface area contributed by atoms with E-state index in [0.29, 0.717) is 6.79 Å². The Bertz CT molecular complexity index is 1050. The van der Waals surface area contributed by atoms with Crippen molar-refractivity contribution in [2.24, 2.45) is 4.99 Å². The smallest absolute Gasteiger partial charge is 0.231 e. The Balaban J connectivity index is 1.15. The molecular weight excluding hydrogens is 404 g/mol. The summed E-state index contributed by atoms with van der Waals surface area (Å²) < 4.78 is 13.0. The molecule has 0 aliphatic carbocycles. The topological polar surface area (TPSA) is 66.6 Å². The molecule has 3 aromatic rings. The Labute approximate surface area is 188 Å². The lowest BCUT2D eigenvalue weighted by molar-refractivity contribution is 0.171. The van der Waals surface area contributed by atoms with Crippen molar-refractivity contribution in [3.8, 4) is 11.5 Å². The molecule has 0 bridgehead atoms. The molecule has 168 valence electrons. The lowest BCUT2D eigenvalue weighted by Gasteiger charge is -2.36. The lowest BCUT2D eigenvalue weighted by atomic mass is 10.1. The quantitative estimate of drug-likeness (QED) is 0.475. The van der Waals surface area contributed by atoms with E-state index in [-0.39, 0.29) is 0 Å². The second-order valence-corrected chi connectivity index (χ2v) is 8.13. The predicted octanol–water partition coefficient (Wildman–Crippen LogP) is 2.39. The highest BCUT2D eigenvalue weighted by Gasteiger charge is 2.21. The van der Waals surface area contributed by atoms with Crippen molar-refractivity contribution in [1.29, 1.82) is 0 Å². The molecule has 2 aliphatic heterocycles. The van der Waals surface area contributed by atoms with Crippen molar-refractivity contribution in [1.82, 2.24) is 24.5 Å². The number of piperazine rings is 1. The van der Waals surface area contributed by atoms with Gasteiger partial charge in [0.1, 0.15) is 5.65 Å². The SMILES string of the molecule is CCNC(=NCCc1cn2ccccc2n1)N1CCN(Cc2ccc3c(c2)OCO3)CC1. The number of hydrogen-bond acceptors (Lipinski definition) is 5. The standard InChI is InChI=1S/C24H30N6O2/c1-2-25-24(26-9-8-20-17-30-10-4-3-5-23(30)27-20)29-13-11-28(12-14-29)16-19-6-7-21-22(15-19)32-18-31-21/h3-7,10,15,17H,2,8-9,11-14,16,18H2,1H3,(H,25,26). The van der Waals surface area contributed by atoms with Crippen LogP contribution in [-0.4, -0.2) is 71.2 Å². The normalized spacial score (nSPS) is 16.7. The minimum absolute atomic E-state index is 0.321. The van der Waals surface area contributed by atoms with Gasteiger partial charge in [-0.3, -0.25) is 9.89 Å². The van der Waals surface area contributed by atoms with Gasteiger partial charge in [-0.15, -0.1) is 0 Å². The molecule has 2 aliphatic rings. The van der Waals surface area contributed by atoms with E-state index in [1.165, 1.54) is 5.56 Å². The number of rotatable bonds is 6. The minimum atomic E-state index is 0.321. The van der Waals surface area contributed by atoms with Gasteiger partial charge in [-0.2, -0.15) is 0 Å². The number of guanidine groups is 1. The third kappa shape index (κ3) is 4.65. The number of ether oxygens (including phenoxy) is 2. The number of fused-ring (bicyclic) bond motifs is 2. The number of nitrogens with zero attached hydrogens (tertiary/aromatic N) is 5. The van der Waals surface area contributed by atoms with Crippen LogP contribution < -0.4 is 14.8 Å². The van der Waals surface area contributed by atoms with Crippen molar-refractivity contribution in [3.63, 3.8) is 0 Å². The largest absolute Gasteiger partial charge is 0.454 e. The van der Waals surface area contributed by atoms with E-state index in [9.17, 15) is 0 Å². The summed E-state index contributed by atoms with van der Waals surface area (Å²) in [5, 5.41) is 3.46. The van der Waals surface area contributed by atoms with E-state index in [4.69, 9.17) is 14.5 Å². The molecule has 2 aromatic heterocycles. The predicted molar refractivity (Wildman–Crippen MR) is 124 cm³/mol. The zero-order valence-corrected chi connectivity index (χ0v) is 18.5. The van der Waals surface area contributed by atoms with Crippen LogP contribution in [0.1, 0.15) is 18.2 Å². The Morgan fingerprint density at radius 2 is 1.97 bits per heavy atom. The maximum absolute atomic E-state index is 5.51. The molecule has 8 heteroatoms. The molecule has 0 amide bonds. The zero-order chi connectivity index (χ0) is 21.8. The summed E-state index contributed by atoms with van der Waals surface area (Å²) in [4.78, 5) is 14.4. The number of benzene rings is 1. The van der Waals surface area contributed by atoms with Crippen molar-refractivity contribution < 1.29 is 9.47 Å². The summed E-state index contributed by atoms with van der Waals surface area (Å²) in [5.74, 6) is 2.70. The highest BCUT2D eigenvalue weighted by molar-refractivity contribution is 5.80. The maximum Gasteiger partial charge on any atom is 0.231 e. The summed E-state index contributed by atoms with van der Waals surface area (Å²) in [6, 6.07) is 12.3. The molecular formula is C24H30N6O2. The van der Waals surface area contributed by atoms with Gasteiger partial charge in [0, 0.05) is 64.6 Å². The molecule has 1 saturated heterocycles. The molecule has 4 heterocycles. The van der Waals surface area contributed by atoms with Gasteiger partial charge in [0.15, 0.2) is 17.5 Å². The van der Waals surface area contributed by atoms with Gasteiger partial charge in [0.05, 0.1) is 5.69 Å². The van der Waals surface area contributed by atoms with Gasteiger partial charge in [0.25, 0.3) is 0 Å². The summed E-state index contributed by atoms with van der Waals surface area (Å²) in [5.41, 5.74) is 3.32. The summed E-state index contributed by atoms with van der Waals surface area (Å²) in [7, 11) is 0. The number of imidazole rings is 1. The Kier molecular flexibility index (Phi) is 6.11. The van der Waals surface area contributed by atoms with Crippen LogP contribution in [0.25, 0.3) is 5.65 Å². The van der Waals surface area contributed by atoms with Gasteiger partial charge in [-0.1, -0.05) is 12.1 Å². The average Bonchev–Trinajstić information content (AvgIpc) is 3.45. The molecule has 1 fully saturated rings. The fraction of sp³-hybridized carbons (Fsp3) is 0.417. The zero-order valence-electron chi connectivity index (χ0n) is 18.5.